The van der Waals surface area contributed by atoms with Crippen LogP contribution in [0.3, 0.4) is 0 Å². The van der Waals surface area contributed by atoms with E-state index in [-0.39, 0.29) is 30.0 Å². The Morgan fingerprint density at radius 1 is 1.28 bits per heavy atom. The third-order valence-corrected chi connectivity index (χ3v) is 7.67. The summed E-state index contributed by atoms with van der Waals surface area (Å²) in [7, 11) is 0. The van der Waals surface area contributed by atoms with Gasteiger partial charge in [0.2, 0.25) is 5.91 Å². The van der Waals surface area contributed by atoms with Crippen LogP contribution in [0.15, 0.2) is 18.5 Å². The second-order valence-corrected chi connectivity index (χ2v) is 10.7. The molecule has 2 saturated carbocycles. The van der Waals surface area contributed by atoms with Gasteiger partial charge in [0.1, 0.15) is 6.54 Å². The highest BCUT2D eigenvalue weighted by Crippen LogP contribution is 2.51. The lowest BCUT2D eigenvalue weighted by Crippen LogP contribution is -2.45. The first-order valence-electron chi connectivity index (χ1n) is 11.7. The smallest absolute Gasteiger partial charge is 0.269 e. The van der Waals surface area contributed by atoms with Crippen molar-refractivity contribution in [2.24, 2.45) is 28.9 Å². The van der Waals surface area contributed by atoms with Crippen LogP contribution in [0.25, 0.3) is 10.9 Å². The van der Waals surface area contributed by atoms with E-state index in [1.807, 2.05) is 0 Å². The number of likely N-dealkylation sites (tertiary alicyclic amines) is 1. The normalized spacial score (nSPS) is 28.5. The molecular weight excluding hydrogens is 406 g/mol. The third kappa shape index (κ3) is 3.80. The summed E-state index contributed by atoms with van der Waals surface area (Å²) in [6, 6.07) is 1.36. The molecule has 1 saturated heterocycles. The van der Waals surface area contributed by atoms with Gasteiger partial charge in [-0.1, -0.05) is 20.3 Å². The average Bonchev–Trinajstić information content (AvgIpc) is 3.23. The number of hydrogen-bond acceptors (Lipinski definition) is 5. The van der Waals surface area contributed by atoms with Crippen molar-refractivity contribution in [3.63, 3.8) is 0 Å². The molecule has 3 heterocycles. The van der Waals surface area contributed by atoms with Crippen LogP contribution in [0.4, 0.5) is 0 Å². The van der Waals surface area contributed by atoms with Crippen LogP contribution < -0.4 is 5.73 Å². The fraction of sp³-hybridized carbons (Fsp3) is 0.625. The summed E-state index contributed by atoms with van der Waals surface area (Å²) in [6.45, 7) is 5.18. The Kier molecular flexibility index (Phi) is 5.06. The maximum atomic E-state index is 13.3. The predicted octanol–water partition coefficient (Wildman–Crippen LogP) is 2.55. The van der Waals surface area contributed by atoms with E-state index in [9.17, 15) is 14.4 Å². The molecule has 2 aliphatic carbocycles. The number of carbonyl (C=O) groups is 3. The highest BCUT2D eigenvalue weighted by Gasteiger charge is 2.56. The standard InChI is InChI=1S/C24H31N5O3/c1-24(2)6-3-4-14(10-24)8-19(30)22-17-9-15(17)12-28(22)20(31)13-29-18-11-26-7-5-16(18)21(27-29)23(25)32/h5,7,11,14-15,17,22H,3-4,6,8-10,12-13H2,1-2H3,(H2,25,32)/t14-,15-,17-,22+/m1/s1. The van der Waals surface area contributed by atoms with Gasteiger partial charge in [0.25, 0.3) is 5.91 Å². The lowest BCUT2D eigenvalue weighted by atomic mass is 9.70. The number of primary amides is 1. The lowest BCUT2D eigenvalue weighted by Gasteiger charge is -2.36. The number of nitrogens with two attached hydrogens (primary N) is 1. The maximum Gasteiger partial charge on any atom is 0.269 e. The summed E-state index contributed by atoms with van der Waals surface area (Å²) in [4.78, 5) is 44.3. The van der Waals surface area contributed by atoms with Gasteiger partial charge in [0, 0.05) is 24.5 Å². The topological polar surface area (TPSA) is 111 Å². The second kappa shape index (κ2) is 7.67. The van der Waals surface area contributed by atoms with E-state index >= 15 is 0 Å². The van der Waals surface area contributed by atoms with Gasteiger partial charge in [-0.15, -0.1) is 0 Å². The Labute approximate surface area is 187 Å². The molecule has 3 fully saturated rings. The van der Waals surface area contributed by atoms with Gasteiger partial charge in [-0.3, -0.25) is 24.0 Å². The van der Waals surface area contributed by atoms with Crippen molar-refractivity contribution in [1.29, 1.82) is 0 Å². The highest BCUT2D eigenvalue weighted by molar-refractivity contribution is 6.04. The van der Waals surface area contributed by atoms with Crippen molar-refractivity contribution in [3.05, 3.63) is 24.2 Å². The molecule has 5 rings (SSSR count). The van der Waals surface area contributed by atoms with E-state index in [1.54, 1.807) is 23.4 Å². The maximum absolute atomic E-state index is 13.3. The number of pyridine rings is 1. The molecule has 4 atom stereocenters. The Hall–Kier alpha value is -2.77. The predicted molar refractivity (Wildman–Crippen MR) is 119 cm³/mol. The molecule has 32 heavy (non-hydrogen) atoms. The Bertz CT molecular complexity index is 1090. The van der Waals surface area contributed by atoms with Crippen LogP contribution >= 0.6 is 0 Å². The molecule has 8 heteroatoms. The van der Waals surface area contributed by atoms with Gasteiger partial charge in [-0.2, -0.15) is 5.10 Å². The zero-order valence-corrected chi connectivity index (χ0v) is 18.8. The molecule has 0 aromatic carbocycles. The fourth-order valence-corrected chi connectivity index (χ4v) is 6.11. The zero-order chi connectivity index (χ0) is 22.6. The van der Waals surface area contributed by atoms with Crippen molar-refractivity contribution in [2.45, 2.75) is 65.0 Å². The zero-order valence-electron chi connectivity index (χ0n) is 18.8. The van der Waals surface area contributed by atoms with Crippen molar-refractivity contribution in [2.75, 3.05) is 6.54 Å². The van der Waals surface area contributed by atoms with Gasteiger partial charge >= 0.3 is 0 Å². The molecule has 170 valence electrons. The average molecular weight is 438 g/mol. The van der Waals surface area contributed by atoms with Gasteiger partial charge in [-0.25, -0.2) is 0 Å². The largest absolute Gasteiger partial charge is 0.364 e. The lowest BCUT2D eigenvalue weighted by molar-refractivity contribution is -0.139. The molecule has 2 N–H and O–H groups in total. The quantitative estimate of drug-likeness (QED) is 0.747. The summed E-state index contributed by atoms with van der Waals surface area (Å²) in [5, 5.41) is 4.86. The van der Waals surface area contributed by atoms with Crippen LogP contribution in [0.5, 0.6) is 0 Å². The first kappa shape index (κ1) is 21.1. The number of amides is 2. The van der Waals surface area contributed by atoms with E-state index in [4.69, 9.17) is 5.73 Å². The summed E-state index contributed by atoms with van der Waals surface area (Å²) < 4.78 is 1.49. The Balaban J connectivity index is 1.32. The van der Waals surface area contributed by atoms with Crippen molar-refractivity contribution >= 4 is 28.5 Å². The number of rotatable bonds is 6. The number of piperidine rings is 1. The number of Topliss-reactive ketones (excluding diaryl/α,β-unsaturated/α-hetero) is 1. The molecule has 8 nitrogen and oxygen atoms in total. The molecule has 0 bridgehead atoms. The monoisotopic (exact) mass is 437 g/mol. The summed E-state index contributed by atoms with van der Waals surface area (Å²) >= 11 is 0. The fourth-order valence-electron chi connectivity index (χ4n) is 6.11. The molecule has 2 aromatic heterocycles. The molecule has 1 aliphatic heterocycles. The number of carbonyl (C=O) groups excluding carboxylic acids is 3. The van der Waals surface area contributed by atoms with E-state index in [0.717, 1.165) is 19.3 Å². The van der Waals surface area contributed by atoms with Crippen molar-refractivity contribution in [3.8, 4) is 0 Å². The summed E-state index contributed by atoms with van der Waals surface area (Å²) in [5.41, 5.74) is 6.48. The number of hydrogen-bond donors (Lipinski definition) is 1. The van der Waals surface area contributed by atoms with Gasteiger partial charge in [-0.05, 0) is 54.9 Å². The first-order chi connectivity index (χ1) is 15.2. The number of nitrogens with zero attached hydrogens (tertiary/aromatic N) is 4. The van der Waals surface area contributed by atoms with Gasteiger partial charge < -0.3 is 10.6 Å². The first-order valence-corrected chi connectivity index (χ1v) is 11.7. The van der Waals surface area contributed by atoms with Crippen molar-refractivity contribution < 1.29 is 14.4 Å². The highest BCUT2D eigenvalue weighted by atomic mass is 16.2. The molecule has 0 unspecified atom stereocenters. The molecule has 2 amide bonds. The molecule has 3 aliphatic rings. The van der Waals surface area contributed by atoms with Crippen LogP contribution in [0.1, 0.15) is 62.9 Å². The minimum absolute atomic E-state index is 0.0326. The van der Waals surface area contributed by atoms with Crippen LogP contribution in [0, 0.1) is 23.2 Å². The van der Waals surface area contributed by atoms with E-state index in [0.29, 0.717) is 47.0 Å². The Morgan fingerprint density at radius 2 is 2.09 bits per heavy atom. The molecule has 0 spiro atoms. The molecule has 2 aromatic rings. The van der Waals surface area contributed by atoms with E-state index in [1.165, 1.54) is 17.5 Å². The van der Waals surface area contributed by atoms with Crippen LogP contribution in [-0.2, 0) is 16.1 Å². The molecule has 0 radical (unpaired) electrons. The minimum atomic E-state index is -0.640. The van der Waals surface area contributed by atoms with Crippen LogP contribution in [-0.4, -0.2) is 49.8 Å². The Morgan fingerprint density at radius 3 is 2.84 bits per heavy atom. The minimum Gasteiger partial charge on any atom is -0.364 e. The third-order valence-electron chi connectivity index (χ3n) is 7.67. The number of aromatic nitrogens is 3. The van der Waals surface area contributed by atoms with Crippen molar-refractivity contribution in [1.82, 2.24) is 19.7 Å². The SMILES string of the molecule is CC1(C)CCC[C@H](CC(=O)[C@@H]2[C@@H]3C[C@@H]3CN2C(=O)Cn2nc(C(N)=O)c3ccncc32)C1. The van der Waals surface area contributed by atoms with E-state index in [2.05, 4.69) is 23.9 Å². The van der Waals surface area contributed by atoms with E-state index < -0.39 is 5.91 Å². The summed E-state index contributed by atoms with van der Waals surface area (Å²) in [5.74, 6) is 0.603. The number of fused-ring (bicyclic) bond motifs is 2. The van der Waals surface area contributed by atoms with Crippen LogP contribution in [0.2, 0.25) is 0 Å². The number of ketones is 1. The van der Waals surface area contributed by atoms with Gasteiger partial charge in [0.05, 0.1) is 17.8 Å². The summed E-state index contributed by atoms with van der Waals surface area (Å²) in [6.07, 6.45) is 9.33. The molecular formula is C24H31N5O3. The van der Waals surface area contributed by atoms with Gasteiger partial charge in [0.15, 0.2) is 11.5 Å². The second-order valence-electron chi connectivity index (χ2n) is 10.7.